The number of rotatable bonds is 13. The molecule has 174 valence electrons. The van der Waals surface area contributed by atoms with Crippen LogP contribution in [0.5, 0.6) is 0 Å². The van der Waals surface area contributed by atoms with Crippen LogP contribution >= 0.6 is 0 Å². The van der Waals surface area contributed by atoms with Crippen molar-refractivity contribution >= 4 is 11.0 Å². The van der Waals surface area contributed by atoms with Gasteiger partial charge in [0.15, 0.2) is 0 Å². The molecule has 0 aliphatic heterocycles. The Morgan fingerprint density at radius 1 is 1.00 bits per heavy atom. The van der Waals surface area contributed by atoms with E-state index in [1.54, 1.807) is 0 Å². The Hall–Kier alpha value is -2.70. The Bertz CT molecular complexity index is 1140. The largest absolute Gasteiger partial charge is 0.375 e. The average Bonchev–Trinajstić information content (AvgIpc) is 3.44. The van der Waals surface area contributed by atoms with Gasteiger partial charge in [0.05, 0.1) is 29.0 Å². The molecule has 1 aliphatic carbocycles. The lowest BCUT2D eigenvalue weighted by Gasteiger charge is -2.21. The fourth-order valence-corrected chi connectivity index (χ4v) is 4.65. The molecule has 0 unspecified atom stereocenters. The Morgan fingerprint density at radius 3 is 2.67 bits per heavy atom. The molecule has 0 bridgehead atoms. The van der Waals surface area contributed by atoms with Crippen LogP contribution in [0.4, 0.5) is 0 Å². The van der Waals surface area contributed by atoms with Gasteiger partial charge in [0.2, 0.25) is 0 Å². The maximum absolute atomic E-state index is 6.10. The zero-order valence-electron chi connectivity index (χ0n) is 19.7. The van der Waals surface area contributed by atoms with E-state index < -0.39 is 0 Å². The summed E-state index contributed by atoms with van der Waals surface area (Å²) in [4.78, 5) is 2.65. The van der Waals surface area contributed by atoms with Crippen LogP contribution in [0.25, 0.3) is 11.0 Å². The molecule has 1 fully saturated rings. The second-order valence-corrected chi connectivity index (χ2v) is 9.34. The minimum Gasteiger partial charge on any atom is -0.375 e. The monoisotopic (exact) mass is 445 g/mol. The van der Waals surface area contributed by atoms with Gasteiger partial charge in [-0.05, 0) is 81.4 Å². The van der Waals surface area contributed by atoms with Crippen LogP contribution in [0.2, 0.25) is 0 Å². The summed E-state index contributed by atoms with van der Waals surface area (Å²) in [6, 6.07) is 14.5. The van der Waals surface area contributed by atoms with Gasteiger partial charge in [-0.1, -0.05) is 19.1 Å². The summed E-state index contributed by atoms with van der Waals surface area (Å²) < 4.78 is 10.00. The van der Waals surface area contributed by atoms with Crippen LogP contribution in [0.3, 0.4) is 0 Å². The maximum Gasteiger partial charge on any atom is 0.0928 e. The van der Waals surface area contributed by atoms with Crippen molar-refractivity contribution in [2.45, 2.75) is 52.1 Å². The average molecular weight is 446 g/mol. The number of ether oxygens (including phenoxy) is 1. The molecule has 6 heteroatoms. The first-order valence-corrected chi connectivity index (χ1v) is 12.5. The lowest BCUT2D eigenvalue weighted by molar-refractivity contribution is 0.111. The third-order valence-corrected chi connectivity index (χ3v) is 6.51. The molecule has 4 heterocycles. The molecule has 0 N–H and O–H groups in total. The van der Waals surface area contributed by atoms with E-state index in [0.717, 1.165) is 47.8 Å². The van der Waals surface area contributed by atoms with Gasteiger partial charge in [-0.15, -0.1) is 0 Å². The lowest BCUT2D eigenvalue weighted by Crippen LogP contribution is -2.28. The molecule has 0 radical (unpaired) electrons. The molecule has 1 aliphatic rings. The van der Waals surface area contributed by atoms with Crippen molar-refractivity contribution in [1.29, 1.82) is 0 Å². The van der Waals surface area contributed by atoms with Gasteiger partial charge >= 0.3 is 0 Å². The van der Waals surface area contributed by atoms with Gasteiger partial charge in [-0.3, -0.25) is 0 Å². The summed E-state index contributed by atoms with van der Waals surface area (Å²) >= 11 is 0. The second kappa shape index (κ2) is 10.5. The highest BCUT2D eigenvalue weighted by molar-refractivity contribution is 5.58. The third-order valence-electron chi connectivity index (χ3n) is 6.51. The molecule has 0 spiro atoms. The Labute approximate surface area is 196 Å². The third kappa shape index (κ3) is 5.63. The van der Waals surface area contributed by atoms with Gasteiger partial charge in [0.25, 0.3) is 0 Å². The van der Waals surface area contributed by atoms with E-state index in [9.17, 15) is 0 Å². The quantitative estimate of drug-likeness (QED) is 0.272. The standard InChI is InChI=1S/C27H35N5O/c1-2-13-30(20-22-11-12-22)14-7-8-17-33-21-26-25(27-10-4-6-16-32(27)29-26)19-23-18-24-9-3-5-15-31(24)28-23/h3-6,9-10,15-16,18,22H,2,7-8,11-14,17,19-21H2,1H3. The second-order valence-electron chi connectivity index (χ2n) is 9.34. The van der Waals surface area contributed by atoms with Gasteiger partial charge in [-0.2, -0.15) is 10.2 Å². The highest BCUT2D eigenvalue weighted by atomic mass is 16.5. The molecule has 0 aromatic carbocycles. The van der Waals surface area contributed by atoms with E-state index >= 15 is 0 Å². The van der Waals surface area contributed by atoms with E-state index in [1.807, 2.05) is 39.6 Å². The summed E-state index contributed by atoms with van der Waals surface area (Å²) in [6.07, 6.45) is 11.2. The Morgan fingerprint density at radius 2 is 1.85 bits per heavy atom. The Balaban J connectivity index is 1.18. The molecule has 1 saturated carbocycles. The van der Waals surface area contributed by atoms with Gasteiger partial charge in [0, 0.05) is 37.5 Å². The van der Waals surface area contributed by atoms with Crippen molar-refractivity contribution in [2.24, 2.45) is 5.92 Å². The molecule has 5 rings (SSSR count). The van der Waals surface area contributed by atoms with E-state index in [0.29, 0.717) is 6.61 Å². The van der Waals surface area contributed by atoms with Crippen molar-refractivity contribution in [3.8, 4) is 0 Å². The molecule has 33 heavy (non-hydrogen) atoms. The first-order valence-electron chi connectivity index (χ1n) is 12.5. The van der Waals surface area contributed by atoms with E-state index in [4.69, 9.17) is 14.9 Å². The lowest BCUT2D eigenvalue weighted by atomic mass is 10.1. The SMILES string of the molecule is CCCN(CCCCOCc1nn2ccccc2c1Cc1cc2ccccn2n1)CC1CC1. The zero-order chi connectivity index (χ0) is 22.5. The molecule has 4 aromatic rings. The molecule has 0 atom stereocenters. The number of nitrogens with zero attached hydrogens (tertiary/aromatic N) is 5. The minimum absolute atomic E-state index is 0.547. The molecular weight excluding hydrogens is 410 g/mol. The number of pyridine rings is 2. The summed E-state index contributed by atoms with van der Waals surface area (Å²) in [6.45, 7) is 7.33. The van der Waals surface area contributed by atoms with Crippen molar-refractivity contribution in [2.75, 3.05) is 26.2 Å². The zero-order valence-corrected chi connectivity index (χ0v) is 19.7. The summed E-state index contributed by atoms with van der Waals surface area (Å²) in [5.74, 6) is 0.967. The topological polar surface area (TPSA) is 47.1 Å². The van der Waals surface area contributed by atoms with Crippen LogP contribution in [-0.2, 0) is 17.8 Å². The summed E-state index contributed by atoms with van der Waals surface area (Å²) in [7, 11) is 0. The summed E-state index contributed by atoms with van der Waals surface area (Å²) in [5.41, 5.74) is 5.51. The molecule has 4 aromatic heterocycles. The number of aromatic nitrogens is 4. The van der Waals surface area contributed by atoms with Gasteiger partial charge in [-0.25, -0.2) is 9.03 Å². The van der Waals surface area contributed by atoms with E-state index in [1.165, 1.54) is 50.9 Å². The number of hydrogen-bond donors (Lipinski definition) is 0. The van der Waals surface area contributed by atoms with Crippen LogP contribution in [0.1, 0.15) is 56.0 Å². The van der Waals surface area contributed by atoms with Crippen LogP contribution in [-0.4, -0.2) is 50.4 Å². The van der Waals surface area contributed by atoms with Crippen molar-refractivity contribution < 1.29 is 4.74 Å². The predicted octanol–water partition coefficient (Wildman–Crippen LogP) is 4.99. The van der Waals surface area contributed by atoms with Crippen LogP contribution in [0, 0.1) is 5.92 Å². The fraction of sp³-hybridized carbons (Fsp3) is 0.481. The predicted molar refractivity (Wildman–Crippen MR) is 132 cm³/mol. The van der Waals surface area contributed by atoms with Gasteiger partial charge in [0.1, 0.15) is 0 Å². The summed E-state index contributed by atoms with van der Waals surface area (Å²) in [5, 5.41) is 9.57. The highest BCUT2D eigenvalue weighted by Crippen LogP contribution is 2.29. The fourth-order valence-electron chi connectivity index (χ4n) is 4.65. The first kappa shape index (κ1) is 22.1. The molecule has 6 nitrogen and oxygen atoms in total. The number of hydrogen-bond acceptors (Lipinski definition) is 4. The highest BCUT2D eigenvalue weighted by Gasteiger charge is 2.23. The van der Waals surface area contributed by atoms with Crippen LogP contribution < -0.4 is 0 Å². The van der Waals surface area contributed by atoms with E-state index in [-0.39, 0.29) is 0 Å². The minimum atomic E-state index is 0.547. The van der Waals surface area contributed by atoms with Gasteiger partial charge < -0.3 is 9.64 Å². The number of fused-ring (bicyclic) bond motifs is 2. The molecular formula is C27H35N5O. The number of unbranched alkanes of at least 4 members (excludes halogenated alkanes) is 1. The maximum atomic E-state index is 6.10. The normalized spacial score (nSPS) is 14.1. The van der Waals surface area contributed by atoms with Crippen LogP contribution in [0.15, 0.2) is 54.9 Å². The molecule has 0 saturated heterocycles. The van der Waals surface area contributed by atoms with E-state index in [2.05, 4.69) is 36.1 Å². The Kier molecular flexibility index (Phi) is 7.03. The van der Waals surface area contributed by atoms with Crippen molar-refractivity contribution in [1.82, 2.24) is 24.1 Å². The van der Waals surface area contributed by atoms with Crippen molar-refractivity contribution in [3.05, 3.63) is 71.8 Å². The first-order chi connectivity index (χ1) is 16.3. The molecule has 0 amide bonds. The van der Waals surface area contributed by atoms with Crippen molar-refractivity contribution in [3.63, 3.8) is 0 Å². The smallest absolute Gasteiger partial charge is 0.0928 e.